The lowest BCUT2D eigenvalue weighted by atomic mass is 10.2. The van der Waals surface area contributed by atoms with Gasteiger partial charge >= 0.3 is 13.8 Å². The van der Waals surface area contributed by atoms with Crippen LogP contribution in [-0.4, -0.2) is 26.8 Å². The predicted molar refractivity (Wildman–Crippen MR) is 74.4 cm³/mol. The first-order valence-corrected chi connectivity index (χ1v) is 7.35. The van der Waals surface area contributed by atoms with Gasteiger partial charge in [-0.15, -0.1) is 0 Å². The molecule has 6 nitrogen and oxygen atoms in total. The van der Waals surface area contributed by atoms with Gasteiger partial charge in [0.1, 0.15) is 5.75 Å². The Morgan fingerprint density at radius 3 is 2.50 bits per heavy atom. The van der Waals surface area contributed by atoms with Crippen LogP contribution in [0.2, 0.25) is 0 Å². The molecule has 0 bridgehead atoms. The average Bonchev–Trinajstić information content (AvgIpc) is 2.46. The number of phosphoric ester groups is 1. The van der Waals surface area contributed by atoms with Crippen LogP contribution < -0.4 is 4.52 Å². The molecule has 0 saturated heterocycles. The Labute approximate surface area is 117 Å². The molecule has 0 heterocycles. The molecule has 0 aromatic heterocycles. The van der Waals surface area contributed by atoms with E-state index in [2.05, 4.69) is 0 Å². The maximum absolute atomic E-state index is 11.9. The third kappa shape index (κ3) is 4.81. The van der Waals surface area contributed by atoms with Crippen molar-refractivity contribution >= 4 is 19.9 Å². The van der Waals surface area contributed by atoms with Crippen LogP contribution >= 0.6 is 7.82 Å². The fourth-order valence-corrected chi connectivity index (χ4v) is 2.02. The first-order chi connectivity index (χ1) is 9.54. The van der Waals surface area contributed by atoms with Crippen LogP contribution in [0.25, 0.3) is 6.08 Å². The quantitative estimate of drug-likeness (QED) is 0.438. The second-order valence-corrected chi connectivity index (χ2v) is 5.33. The minimum atomic E-state index is -3.64. The topological polar surface area (TPSA) is 71.1 Å². The van der Waals surface area contributed by atoms with E-state index < -0.39 is 13.8 Å². The summed E-state index contributed by atoms with van der Waals surface area (Å²) in [5.41, 5.74) is 0.551. The van der Waals surface area contributed by atoms with E-state index in [0.29, 0.717) is 12.2 Å². The van der Waals surface area contributed by atoms with Gasteiger partial charge in [0.2, 0.25) is 0 Å². The van der Waals surface area contributed by atoms with Crippen LogP contribution in [0.15, 0.2) is 30.3 Å². The van der Waals surface area contributed by atoms with Gasteiger partial charge in [-0.05, 0) is 19.1 Å². The average molecular weight is 300 g/mol. The first kappa shape index (κ1) is 16.4. The minimum Gasteiger partial charge on any atom is -0.463 e. The van der Waals surface area contributed by atoms with Gasteiger partial charge in [0.25, 0.3) is 0 Å². The largest absolute Gasteiger partial charge is 0.529 e. The molecule has 0 aliphatic carbocycles. The number of ether oxygens (including phenoxy) is 1. The predicted octanol–water partition coefficient (Wildman–Crippen LogP) is 3.04. The van der Waals surface area contributed by atoms with Crippen LogP contribution in [0.5, 0.6) is 5.75 Å². The number of carbonyl (C=O) groups is 1. The monoisotopic (exact) mass is 300 g/mol. The van der Waals surface area contributed by atoms with Crippen molar-refractivity contribution < 1.29 is 27.7 Å². The molecule has 7 heteroatoms. The molecule has 1 aromatic rings. The lowest BCUT2D eigenvalue weighted by Gasteiger charge is -2.15. The molecule has 20 heavy (non-hydrogen) atoms. The highest BCUT2D eigenvalue weighted by atomic mass is 31.2. The number of phosphoric acid groups is 1. The van der Waals surface area contributed by atoms with Crippen LogP contribution in [0.3, 0.4) is 0 Å². The summed E-state index contributed by atoms with van der Waals surface area (Å²) in [7, 11) is -1.19. The Balaban J connectivity index is 2.94. The van der Waals surface area contributed by atoms with Gasteiger partial charge in [-0.3, -0.25) is 9.05 Å². The van der Waals surface area contributed by atoms with Gasteiger partial charge in [0.05, 0.1) is 6.61 Å². The van der Waals surface area contributed by atoms with Crippen molar-refractivity contribution in [3.63, 3.8) is 0 Å². The molecule has 1 aromatic carbocycles. The number of esters is 1. The molecule has 0 saturated carbocycles. The van der Waals surface area contributed by atoms with E-state index in [1.54, 1.807) is 31.2 Å². The van der Waals surface area contributed by atoms with Crippen molar-refractivity contribution in [3.8, 4) is 5.75 Å². The van der Waals surface area contributed by atoms with Gasteiger partial charge in [-0.25, -0.2) is 9.36 Å². The van der Waals surface area contributed by atoms with Crippen LogP contribution in [-0.2, 0) is 23.1 Å². The first-order valence-electron chi connectivity index (χ1n) is 5.89. The molecule has 0 spiro atoms. The van der Waals surface area contributed by atoms with Gasteiger partial charge in [-0.2, -0.15) is 0 Å². The maximum atomic E-state index is 11.9. The van der Waals surface area contributed by atoms with E-state index in [-0.39, 0.29) is 5.75 Å². The summed E-state index contributed by atoms with van der Waals surface area (Å²) in [6, 6.07) is 6.74. The zero-order chi connectivity index (χ0) is 15.0. The third-order valence-electron chi connectivity index (χ3n) is 2.26. The molecule has 0 aliphatic rings. The smallest absolute Gasteiger partial charge is 0.463 e. The van der Waals surface area contributed by atoms with Crippen molar-refractivity contribution in [1.82, 2.24) is 0 Å². The van der Waals surface area contributed by atoms with E-state index in [4.69, 9.17) is 18.3 Å². The fraction of sp³-hybridized carbons (Fsp3) is 0.308. The highest BCUT2D eigenvalue weighted by Crippen LogP contribution is 2.48. The number of rotatable bonds is 7. The lowest BCUT2D eigenvalue weighted by molar-refractivity contribution is -0.137. The lowest BCUT2D eigenvalue weighted by Crippen LogP contribution is -2.00. The Morgan fingerprint density at radius 2 is 1.90 bits per heavy atom. The summed E-state index contributed by atoms with van der Waals surface area (Å²) in [5, 5.41) is 0. The Kier molecular flexibility index (Phi) is 6.45. The molecule has 0 radical (unpaired) electrons. The molecule has 0 unspecified atom stereocenters. The second kappa shape index (κ2) is 7.85. The van der Waals surface area contributed by atoms with Crippen molar-refractivity contribution in [3.05, 3.63) is 35.9 Å². The van der Waals surface area contributed by atoms with E-state index in [1.807, 2.05) is 0 Å². The van der Waals surface area contributed by atoms with Gasteiger partial charge in [0, 0.05) is 25.9 Å². The molecular formula is C13H17O6P. The van der Waals surface area contributed by atoms with E-state index in [0.717, 1.165) is 0 Å². The molecule has 110 valence electrons. The molecular weight excluding hydrogens is 283 g/mol. The van der Waals surface area contributed by atoms with E-state index in [1.165, 1.54) is 26.4 Å². The maximum Gasteiger partial charge on any atom is 0.529 e. The summed E-state index contributed by atoms with van der Waals surface area (Å²) in [6.45, 7) is 2.01. The number of para-hydroxylation sites is 1. The molecule has 0 N–H and O–H groups in total. The Morgan fingerprint density at radius 1 is 1.25 bits per heavy atom. The zero-order valence-electron chi connectivity index (χ0n) is 11.6. The highest BCUT2D eigenvalue weighted by molar-refractivity contribution is 7.48. The molecule has 0 amide bonds. The van der Waals surface area contributed by atoms with Crippen molar-refractivity contribution in [2.45, 2.75) is 6.92 Å². The fourth-order valence-electron chi connectivity index (χ4n) is 1.32. The summed E-state index contributed by atoms with van der Waals surface area (Å²) < 4.78 is 31.3. The molecule has 0 fully saturated rings. The van der Waals surface area contributed by atoms with Crippen LogP contribution in [0.1, 0.15) is 12.5 Å². The van der Waals surface area contributed by atoms with Crippen molar-refractivity contribution in [2.24, 2.45) is 0 Å². The standard InChI is InChI=1S/C13H17O6P/c1-4-18-13(14)10-9-11-7-5-6-8-12(11)19-20(15,16-2)17-3/h5-10H,4H2,1-3H3/b10-9+. The number of benzene rings is 1. The highest BCUT2D eigenvalue weighted by Gasteiger charge is 2.25. The van der Waals surface area contributed by atoms with Gasteiger partial charge < -0.3 is 9.26 Å². The Hall–Kier alpha value is -1.62. The summed E-state index contributed by atoms with van der Waals surface area (Å²) in [6.07, 6.45) is 2.76. The molecule has 0 aliphatic heterocycles. The minimum absolute atomic E-state index is 0.278. The second-order valence-electron chi connectivity index (χ2n) is 3.53. The normalized spacial score (nSPS) is 11.6. The summed E-state index contributed by atoms with van der Waals surface area (Å²) in [5.74, 6) is -0.191. The SMILES string of the molecule is CCOC(=O)/C=C/c1ccccc1OP(=O)(OC)OC. The van der Waals surface area contributed by atoms with Crippen LogP contribution in [0.4, 0.5) is 0 Å². The van der Waals surface area contributed by atoms with Crippen LogP contribution in [0, 0.1) is 0 Å². The molecule has 0 atom stereocenters. The van der Waals surface area contributed by atoms with Gasteiger partial charge in [0.15, 0.2) is 0 Å². The zero-order valence-corrected chi connectivity index (χ0v) is 12.5. The van der Waals surface area contributed by atoms with Gasteiger partial charge in [-0.1, -0.05) is 18.2 Å². The summed E-state index contributed by atoms with van der Waals surface area (Å²) >= 11 is 0. The Bertz CT molecular complexity index is 517. The van der Waals surface area contributed by atoms with Crippen molar-refractivity contribution in [1.29, 1.82) is 0 Å². The summed E-state index contributed by atoms with van der Waals surface area (Å²) in [4.78, 5) is 11.3. The van der Waals surface area contributed by atoms with Crippen molar-refractivity contribution in [2.75, 3.05) is 20.8 Å². The third-order valence-corrected chi connectivity index (χ3v) is 3.58. The number of carbonyl (C=O) groups excluding carboxylic acids is 1. The van der Waals surface area contributed by atoms with E-state index in [9.17, 15) is 9.36 Å². The molecule has 1 rings (SSSR count). The number of hydrogen-bond acceptors (Lipinski definition) is 6. The number of hydrogen-bond donors (Lipinski definition) is 0. The van der Waals surface area contributed by atoms with E-state index >= 15 is 0 Å².